The molecule has 0 unspecified atom stereocenters. The highest BCUT2D eigenvalue weighted by Gasteiger charge is 2.15. The van der Waals surface area contributed by atoms with Crippen LogP contribution in [0.2, 0.25) is 0 Å². The topological polar surface area (TPSA) is 26.3 Å². The number of benzene rings is 1. The van der Waals surface area contributed by atoms with Gasteiger partial charge in [0.2, 0.25) is 5.78 Å². The lowest BCUT2D eigenvalue weighted by atomic mass is 10.1. The van der Waals surface area contributed by atoms with Crippen molar-refractivity contribution in [2.24, 2.45) is 0 Å². The van der Waals surface area contributed by atoms with Crippen LogP contribution in [0.1, 0.15) is 28.6 Å². The third-order valence-corrected chi connectivity index (χ3v) is 4.07. The molecule has 0 saturated heterocycles. The van der Waals surface area contributed by atoms with Crippen molar-refractivity contribution in [3.05, 3.63) is 50.6 Å². The molecular weight excluding hydrogens is 312 g/mol. The summed E-state index contributed by atoms with van der Waals surface area (Å²) in [5.74, 6) is 0.672. The van der Waals surface area contributed by atoms with Crippen LogP contribution in [0, 0.1) is 0 Å². The predicted molar refractivity (Wildman–Crippen MR) is 77.7 cm³/mol. The maximum Gasteiger partial charge on any atom is 0.206 e. The second-order valence-corrected chi connectivity index (χ2v) is 5.63. The summed E-state index contributed by atoms with van der Waals surface area (Å²) in [6, 6.07) is 9.22. The molecule has 0 aliphatic carbocycles. The normalized spacial score (nSPS) is 10.3. The van der Waals surface area contributed by atoms with Crippen molar-refractivity contribution in [3.8, 4) is 5.75 Å². The van der Waals surface area contributed by atoms with E-state index in [1.165, 1.54) is 11.3 Å². The third kappa shape index (κ3) is 3.00. The molecule has 0 amide bonds. The molecule has 0 saturated carbocycles. The number of ether oxygens (including phenoxy) is 1. The summed E-state index contributed by atoms with van der Waals surface area (Å²) in [5, 5.41) is 1.91. The Kier molecular flexibility index (Phi) is 4.55. The molecule has 0 aliphatic rings. The maximum absolute atomic E-state index is 12.4. The van der Waals surface area contributed by atoms with Gasteiger partial charge in [0, 0.05) is 9.85 Å². The average Bonchev–Trinajstić information content (AvgIpc) is 2.82. The van der Waals surface area contributed by atoms with Crippen molar-refractivity contribution in [3.63, 3.8) is 0 Å². The van der Waals surface area contributed by atoms with E-state index in [0.717, 1.165) is 15.8 Å². The number of rotatable bonds is 5. The van der Waals surface area contributed by atoms with Gasteiger partial charge >= 0.3 is 0 Å². The van der Waals surface area contributed by atoms with Crippen LogP contribution < -0.4 is 4.74 Å². The summed E-state index contributed by atoms with van der Waals surface area (Å²) >= 11 is 4.79. The van der Waals surface area contributed by atoms with Gasteiger partial charge < -0.3 is 4.74 Å². The van der Waals surface area contributed by atoms with Crippen molar-refractivity contribution >= 4 is 33.0 Å². The summed E-state index contributed by atoms with van der Waals surface area (Å²) in [6.07, 6.45) is 0.924. The van der Waals surface area contributed by atoms with E-state index in [1.807, 2.05) is 36.6 Å². The van der Waals surface area contributed by atoms with E-state index in [0.29, 0.717) is 17.9 Å². The van der Waals surface area contributed by atoms with Crippen LogP contribution in [0.25, 0.3) is 0 Å². The number of para-hydroxylation sites is 1. The molecule has 0 aliphatic heterocycles. The standard InChI is InChI=1S/C14H13BrO2S/c1-2-7-17-12-6-4-3-5-11(12)14(16)13-8-10(15)9-18-13/h3-6,8-9H,2,7H2,1H3. The molecule has 94 valence electrons. The van der Waals surface area contributed by atoms with Gasteiger partial charge in [-0.05, 0) is 40.5 Å². The second-order valence-electron chi connectivity index (χ2n) is 3.80. The number of hydrogen-bond donors (Lipinski definition) is 0. The highest BCUT2D eigenvalue weighted by Crippen LogP contribution is 2.26. The largest absolute Gasteiger partial charge is 0.493 e. The SMILES string of the molecule is CCCOc1ccccc1C(=O)c1cc(Br)cs1. The van der Waals surface area contributed by atoms with Gasteiger partial charge in [-0.1, -0.05) is 19.1 Å². The predicted octanol–water partition coefficient (Wildman–Crippen LogP) is 4.53. The molecule has 18 heavy (non-hydrogen) atoms. The minimum Gasteiger partial charge on any atom is -0.493 e. The second kappa shape index (κ2) is 6.16. The Morgan fingerprint density at radius 2 is 2.17 bits per heavy atom. The summed E-state index contributed by atoms with van der Waals surface area (Å²) in [6.45, 7) is 2.67. The van der Waals surface area contributed by atoms with Crippen molar-refractivity contribution in [1.29, 1.82) is 0 Å². The molecular formula is C14H13BrO2S. The van der Waals surface area contributed by atoms with E-state index < -0.39 is 0 Å². The minimum atomic E-state index is 0.0115. The molecule has 0 radical (unpaired) electrons. The number of thiophene rings is 1. The van der Waals surface area contributed by atoms with Crippen LogP contribution in [0.15, 0.2) is 40.2 Å². The van der Waals surface area contributed by atoms with Gasteiger partial charge in [0.1, 0.15) is 5.75 Å². The van der Waals surface area contributed by atoms with Gasteiger partial charge in [-0.15, -0.1) is 11.3 Å². The molecule has 0 atom stereocenters. The van der Waals surface area contributed by atoms with Crippen LogP contribution in [0.5, 0.6) is 5.75 Å². The van der Waals surface area contributed by atoms with E-state index in [2.05, 4.69) is 15.9 Å². The van der Waals surface area contributed by atoms with Crippen LogP contribution >= 0.6 is 27.3 Å². The molecule has 0 bridgehead atoms. The Bertz CT molecular complexity index is 548. The van der Waals surface area contributed by atoms with E-state index in [1.54, 1.807) is 6.07 Å². The van der Waals surface area contributed by atoms with Crippen molar-refractivity contribution < 1.29 is 9.53 Å². The number of halogens is 1. The lowest BCUT2D eigenvalue weighted by Crippen LogP contribution is -2.04. The number of hydrogen-bond acceptors (Lipinski definition) is 3. The zero-order valence-electron chi connectivity index (χ0n) is 9.98. The Morgan fingerprint density at radius 3 is 2.83 bits per heavy atom. The fraction of sp³-hybridized carbons (Fsp3) is 0.214. The number of carbonyl (C=O) groups excluding carboxylic acids is 1. The van der Waals surface area contributed by atoms with Gasteiger partial charge in [0.15, 0.2) is 0 Å². The van der Waals surface area contributed by atoms with Crippen LogP contribution in [-0.4, -0.2) is 12.4 Å². The molecule has 0 fully saturated rings. The molecule has 2 rings (SSSR count). The van der Waals surface area contributed by atoms with Crippen LogP contribution in [-0.2, 0) is 0 Å². The van der Waals surface area contributed by atoms with E-state index >= 15 is 0 Å². The summed E-state index contributed by atoms with van der Waals surface area (Å²) in [5.41, 5.74) is 0.625. The van der Waals surface area contributed by atoms with Crippen LogP contribution in [0.3, 0.4) is 0 Å². The Labute approximate surface area is 119 Å². The highest BCUT2D eigenvalue weighted by molar-refractivity contribution is 9.10. The van der Waals surface area contributed by atoms with E-state index in [9.17, 15) is 4.79 Å². The van der Waals surface area contributed by atoms with Crippen LogP contribution in [0.4, 0.5) is 0 Å². The fourth-order valence-corrected chi connectivity index (χ4v) is 2.94. The van der Waals surface area contributed by atoms with Gasteiger partial charge in [-0.2, -0.15) is 0 Å². The molecule has 2 nitrogen and oxygen atoms in total. The quantitative estimate of drug-likeness (QED) is 0.755. The first kappa shape index (κ1) is 13.3. The third-order valence-electron chi connectivity index (χ3n) is 2.38. The average molecular weight is 325 g/mol. The number of carbonyl (C=O) groups is 1. The maximum atomic E-state index is 12.4. The van der Waals surface area contributed by atoms with Gasteiger partial charge in [0.05, 0.1) is 17.0 Å². The molecule has 1 aromatic heterocycles. The molecule has 1 heterocycles. The zero-order chi connectivity index (χ0) is 13.0. The number of ketones is 1. The first-order valence-electron chi connectivity index (χ1n) is 5.73. The smallest absolute Gasteiger partial charge is 0.206 e. The zero-order valence-corrected chi connectivity index (χ0v) is 12.4. The fourth-order valence-electron chi connectivity index (χ4n) is 1.56. The van der Waals surface area contributed by atoms with Gasteiger partial charge in [0.25, 0.3) is 0 Å². The van der Waals surface area contributed by atoms with Gasteiger partial charge in [-0.25, -0.2) is 0 Å². The Morgan fingerprint density at radius 1 is 1.39 bits per heavy atom. The lowest BCUT2D eigenvalue weighted by molar-refractivity contribution is 0.103. The molecule has 0 spiro atoms. The van der Waals surface area contributed by atoms with Crippen molar-refractivity contribution in [2.75, 3.05) is 6.61 Å². The molecule has 1 aromatic carbocycles. The lowest BCUT2D eigenvalue weighted by Gasteiger charge is -2.08. The molecule has 2 aromatic rings. The van der Waals surface area contributed by atoms with Crippen molar-refractivity contribution in [1.82, 2.24) is 0 Å². The van der Waals surface area contributed by atoms with Crippen molar-refractivity contribution in [2.45, 2.75) is 13.3 Å². The first-order chi connectivity index (χ1) is 8.72. The minimum absolute atomic E-state index is 0.0115. The summed E-state index contributed by atoms with van der Waals surface area (Å²) in [7, 11) is 0. The highest BCUT2D eigenvalue weighted by atomic mass is 79.9. The van der Waals surface area contributed by atoms with E-state index in [4.69, 9.17) is 4.74 Å². The molecule has 4 heteroatoms. The monoisotopic (exact) mass is 324 g/mol. The molecule has 0 N–H and O–H groups in total. The van der Waals surface area contributed by atoms with E-state index in [-0.39, 0.29) is 5.78 Å². The summed E-state index contributed by atoms with van der Waals surface area (Å²) in [4.78, 5) is 13.1. The first-order valence-corrected chi connectivity index (χ1v) is 7.40. The van der Waals surface area contributed by atoms with Gasteiger partial charge in [-0.3, -0.25) is 4.79 Å². The Hall–Kier alpha value is -1.13. The Balaban J connectivity index is 2.29. The summed E-state index contributed by atoms with van der Waals surface area (Å²) < 4.78 is 6.54.